The van der Waals surface area contributed by atoms with Gasteiger partial charge in [0.1, 0.15) is 24.2 Å². The van der Waals surface area contributed by atoms with Crippen molar-refractivity contribution in [2.45, 2.75) is 132 Å². The zero-order valence-electron chi connectivity index (χ0n) is 34.8. The fraction of sp³-hybridized carbons (Fsp3) is 0.732. The molecule has 0 aromatic heterocycles. The van der Waals surface area contributed by atoms with E-state index in [9.17, 15) is 24.0 Å². The third-order valence-electron chi connectivity index (χ3n) is 9.56. The fourth-order valence-corrected chi connectivity index (χ4v) is 6.48. The number of hydrogen-bond acceptors (Lipinski definition) is 6. The molecule has 0 saturated heterocycles. The molecular formula is C41H72N6O5. The van der Waals surface area contributed by atoms with Gasteiger partial charge in [0.25, 0.3) is 0 Å². The van der Waals surface area contributed by atoms with Gasteiger partial charge in [-0.05, 0) is 74.3 Å². The zero-order valence-corrected chi connectivity index (χ0v) is 34.8. The van der Waals surface area contributed by atoms with Crippen LogP contribution in [-0.2, 0) is 30.4 Å². The Hall–Kier alpha value is -3.47. The topological polar surface area (TPSA) is 131 Å². The summed E-state index contributed by atoms with van der Waals surface area (Å²) in [5, 5.41) is 9.11. The fourth-order valence-electron chi connectivity index (χ4n) is 6.48. The number of amides is 5. The molecular weight excluding hydrogens is 656 g/mol. The highest BCUT2D eigenvalue weighted by Gasteiger charge is 2.40. The van der Waals surface area contributed by atoms with Gasteiger partial charge < -0.3 is 30.7 Å². The second kappa shape index (κ2) is 22.6. The number of benzene rings is 1. The van der Waals surface area contributed by atoms with Crippen LogP contribution in [0.25, 0.3) is 0 Å². The molecule has 5 atom stereocenters. The first-order valence-electron chi connectivity index (χ1n) is 19.3. The molecule has 0 saturated carbocycles. The lowest BCUT2D eigenvalue weighted by molar-refractivity contribution is -0.150. The van der Waals surface area contributed by atoms with E-state index in [1.807, 2.05) is 99.6 Å². The summed E-state index contributed by atoms with van der Waals surface area (Å²) < 4.78 is 0. The summed E-state index contributed by atoms with van der Waals surface area (Å²) >= 11 is 0. The highest BCUT2D eigenvalue weighted by Crippen LogP contribution is 2.21. The van der Waals surface area contributed by atoms with Crippen LogP contribution in [0, 0.1) is 29.6 Å². The molecule has 11 heteroatoms. The van der Waals surface area contributed by atoms with E-state index in [0.717, 1.165) is 5.56 Å². The normalized spacial score (nSPS) is 14.6. The number of nitrogens with one attached hydrogen (secondary N) is 3. The van der Waals surface area contributed by atoms with E-state index in [1.165, 1.54) is 14.7 Å². The molecule has 1 aromatic carbocycles. The van der Waals surface area contributed by atoms with Gasteiger partial charge in [0.15, 0.2) is 0 Å². The van der Waals surface area contributed by atoms with Gasteiger partial charge in [0.05, 0.1) is 6.04 Å². The molecule has 0 aliphatic rings. The van der Waals surface area contributed by atoms with Crippen molar-refractivity contribution >= 4 is 29.5 Å². The van der Waals surface area contributed by atoms with Gasteiger partial charge in [0, 0.05) is 27.7 Å². The standard InChI is InChI=1S/C41H72N6O5/c1-26(2)22-32(42-11)39(50)45(12)34(24-28(5)6)38(49)44-36(30(9)10)41(52)47(14)35(25-29(7)8)40(51)46(13)33(23-27(3)4)37(48)43-21-20-31-18-16-15-17-19-31/h15-19,26-30,32-36,42H,20-25H2,1-14H3,(H,43,48)(H,44,49)/t32-,33-,34-,35-,36-/m0/s1. The van der Waals surface area contributed by atoms with E-state index >= 15 is 0 Å². The molecule has 11 nitrogen and oxygen atoms in total. The van der Waals surface area contributed by atoms with Gasteiger partial charge in [-0.1, -0.05) is 99.6 Å². The summed E-state index contributed by atoms with van der Waals surface area (Å²) in [6.07, 6.45) is 2.56. The summed E-state index contributed by atoms with van der Waals surface area (Å²) in [5.74, 6) is -1.24. The number of carbonyl (C=O) groups is 5. The van der Waals surface area contributed by atoms with Crippen LogP contribution in [0.1, 0.15) is 100 Å². The Labute approximate surface area is 315 Å². The van der Waals surface area contributed by atoms with Crippen molar-refractivity contribution in [3.05, 3.63) is 35.9 Å². The number of rotatable bonds is 22. The van der Waals surface area contributed by atoms with Gasteiger partial charge in [-0.25, -0.2) is 0 Å². The van der Waals surface area contributed by atoms with Crippen LogP contribution < -0.4 is 16.0 Å². The highest BCUT2D eigenvalue weighted by molar-refractivity contribution is 5.96. The predicted molar refractivity (Wildman–Crippen MR) is 210 cm³/mol. The Morgan fingerprint density at radius 2 is 1.02 bits per heavy atom. The van der Waals surface area contributed by atoms with E-state index in [-0.39, 0.29) is 47.3 Å². The molecule has 1 rings (SSSR count). The summed E-state index contributed by atoms with van der Waals surface area (Å²) in [6, 6.07) is 6.17. The summed E-state index contributed by atoms with van der Waals surface area (Å²) in [5.41, 5.74) is 1.11. The first kappa shape index (κ1) is 46.6. The lowest BCUT2D eigenvalue weighted by Gasteiger charge is -2.38. The first-order chi connectivity index (χ1) is 24.2. The highest BCUT2D eigenvalue weighted by atomic mass is 16.2. The maximum Gasteiger partial charge on any atom is 0.245 e. The Bertz CT molecular complexity index is 1270. The number of carbonyl (C=O) groups excluding carboxylic acids is 5. The van der Waals surface area contributed by atoms with Crippen molar-refractivity contribution in [1.82, 2.24) is 30.7 Å². The number of likely N-dealkylation sites (N-methyl/N-ethyl adjacent to an activating group) is 4. The quantitative estimate of drug-likeness (QED) is 0.158. The molecule has 0 radical (unpaired) electrons. The summed E-state index contributed by atoms with van der Waals surface area (Å²) in [7, 11) is 6.64. The molecule has 0 fully saturated rings. The van der Waals surface area contributed by atoms with Crippen molar-refractivity contribution in [1.29, 1.82) is 0 Å². The molecule has 52 heavy (non-hydrogen) atoms. The van der Waals surface area contributed by atoms with Gasteiger partial charge in [-0.3, -0.25) is 24.0 Å². The maximum atomic E-state index is 14.3. The molecule has 0 spiro atoms. The van der Waals surface area contributed by atoms with Gasteiger partial charge >= 0.3 is 0 Å². The van der Waals surface area contributed by atoms with Crippen molar-refractivity contribution in [3.8, 4) is 0 Å². The third-order valence-corrected chi connectivity index (χ3v) is 9.56. The van der Waals surface area contributed by atoms with E-state index in [1.54, 1.807) is 28.2 Å². The predicted octanol–water partition coefficient (Wildman–Crippen LogP) is 4.74. The Morgan fingerprint density at radius 1 is 0.577 bits per heavy atom. The van der Waals surface area contributed by atoms with Crippen LogP contribution in [0.2, 0.25) is 0 Å². The molecule has 0 bridgehead atoms. The maximum absolute atomic E-state index is 14.3. The van der Waals surface area contributed by atoms with Crippen molar-refractivity contribution in [3.63, 3.8) is 0 Å². The minimum Gasteiger partial charge on any atom is -0.354 e. The molecule has 0 unspecified atom stereocenters. The molecule has 0 aliphatic carbocycles. The van der Waals surface area contributed by atoms with Gasteiger partial charge in [0.2, 0.25) is 29.5 Å². The van der Waals surface area contributed by atoms with E-state index in [2.05, 4.69) is 16.0 Å². The lowest BCUT2D eigenvalue weighted by Crippen LogP contribution is -2.60. The van der Waals surface area contributed by atoms with E-state index < -0.39 is 42.0 Å². The molecule has 5 amide bonds. The van der Waals surface area contributed by atoms with Crippen LogP contribution >= 0.6 is 0 Å². The third kappa shape index (κ3) is 14.9. The lowest BCUT2D eigenvalue weighted by atomic mass is 9.95. The Kier molecular flexibility index (Phi) is 20.2. The monoisotopic (exact) mass is 729 g/mol. The minimum atomic E-state index is -0.938. The van der Waals surface area contributed by atoms with Crippen molar-refractivity contribution < 1.29 is 24.0 Å². The second-order valence-electron chi connectivity index (χ2n) is 16.5. The second-order valence-corrected chi connectivity index (χ2v) is 16.5. The minimum absolute atomic E-state index is 0.0639. The molecule has 296 valence electrons. The van der Waals surface area contributed by atoms with Crippen LogP contribution in [0.15, 0.2) is 30.3 Å². The summed E-state index contributed by atoms with van der Waals surface area (Å²) in [6.45, 7) is 20.2. The van der Waals surface area contributed by atoms with E-state index in [0.29, 0.717) is 38.6 Å². The van der Waals surface area contributed by atoms with Crippen molar-refractivity contribution in [2.75, 3.05) is 34.7 Å². The zero-order chi connectivity index (χ0) is 39.9. The van der Waals surface area contributed by atoms with Crippen molar-refractivity contribution in [2.24, 2.45) is 29.6 Å². The number of hydrogen-bond donors (Lipinski definition) is 3. The Balaban J connectivity index is 3.33. The molecule has 1 aromatic rings. The average molecular weight is 729 g/mol. The van der Waals surface area contributed by atoms with Crippen LogP contribution in [0.4, 0.5) is 0 Å². The van der Waals surface area contributed by atoms with Gasteiger partial charge in [-0.15, -0.1) is 0 Å². The molecule has 0 heterocycles. The first-order valence-corrected chi connectivity index (χ1v) is 19.3. The van der Waals surface area contributed by atoms with Crippen LogP contribution in [0.5, 0.6) is 0 Å². The van der Waals surface area contributed by atoms with E-state index in [4.69, 9.17) is 0 Å². The molecule has 0 aliphatic heterocycles. The smallest absolute Gasteiger partial charge is 0.245 e. The largest absolute Gasteiger partial charge is 0.354 e. The van der Waals surface area contributed by atoms with Crippen LogP contribution in [-0.4, -0.2) is 109 Å². The molecule has 3 N–H and O–H groups in total. The Morgan fingerprint density at radius 3 is 1.48 bits per heavy atom. The van der Waals surface area contributed by atoms with Crippen LogP contribution in [0.3, 0.4) is 0 Å². The summed E-state index contributed by atoms with van der Waals surface area (Å²) in [4.78, 5) is 74.2. The van der Waals surface area contributed by atoms with Gasteiger partial charge in [-0.2, -0.15) is 0 Å². The average Bonchev–Trinajstić information content (AvgIpc) is 3.07. The number of nitrogens with zero attached hydrogens (tertiary/aromatic N) is 3. The SMILES string of the molecule is CN[C@@H](CC(C)C)C(=O)N(C)[C@@H](CC(C)C)C(=O)N[C@H](C(=O)N(C)[C@@H](CC(C)C)C(=O)N(C)[C@@H](CC(C)C)C(=O)NCCc1ccccc1)C(C)C.